The van der Waals surface area contributed by atoms with Gasteiger partial charge in [-0.3, -0.25) is 4.79 Å². The monoisotopic (exact) mass is 219 g/mol. The Morgan fingerprint density at radius 3 is 2.50 bits per heavy atom. The van der Waals surface area contributed by atoms with Gasteiger partial charge in [-0.15, -0.1) is 0 Å². The molecule has 0 fully saturated rings. The fraction of sp³-hybridized carbons (Fsp3) is 0.900. The maximum atomic E-state index is 11.3. The maximum Gasteiger partial charge on any atom is 0.222 e. The van der Waals surface area contributed by atoms with Crippen LogP contribution in [0.2, 0.25) is 0 Å². The van der Waals surface area contributed by atoms with Crippen LogP contribution in [0.4, 0.5) is 0 Å². The van der Waals surface area contributed by atoms with Gasteiger partial charge in [0.1, 0.15) is 0 Å². The zero-order valence-electron chi connectivity index (χ0n) is 9.72. The van der Waals surface area contributed by atoms with Crippen LogP contribution >= 0.6 is 12.0 Å². The normalized spacial score (nSPS) is 11.9. The van der Waals surface area contributed by atoms with Gasteiger partial charge < -0.3 is 9.50 Å². The Hall–Kier alpha value is -0.220. The Labute approximate surface area is 91.2 Å². The van der Waals surface area contributed by atoms with Crippen molar-refractivity contribution in [2.24, 2.45) is 11.3 Å². The van der Waals surface area contributed by atoms with Crippen molar-refractivity contribution in [3.05, 3.63) is 0 Å². The molecule has 84 valence electrons. The second kappa shape index (κ2) is 6.30. The summed E-state index contributed by atoms with van der Waals surface area (Å²) in [5, 5.41) is 2.90. The molecule has 0 saturated heterocycles. The molecule has 0 aliphatic rings. The first-order valence-corrected chi connectivity index (χ1v) is 5.97. The van der Waals surface area contributed by atoms with E-state index in [-0.39, 0.29) is 17.2 Å². The van der Waals surface area contributed by atoms with Crippen LogP contribution in [-0.4, -0.2) is 25.3 Å². The highest BCUT2D eigenvalue weighted by molar-refractivity contribution is 7.93. The summed E-state index contributed by atoms with van der Waals surface area (Å²) in [6.45, 7) is 9.23. The van der Waals surface area contributed by atoms with Crippen molar-refractivity contribution >= 4 is 17.9 Å². The van der Waals surface area contributed by atoms with Gasteiger partial charge in [-0.1, -0.05) is 27.7 Å². The molecular weight excluding hydrogens is 198 g/mol. The van der Waals surface area contributed by atoms with Crippen molar-refractivity contribution in [1.29, 1.82) is 0 Å². The molecule has 0 aromatic rings. The average molecular weight is 219 g/mol. The van der Waals surface area contributed by atoms with E-state index in [1.807, 2.05) is 20.1 Å². The van der Waals surface area contributed by atoms with Gasteiger partial charge in [-0.2, -0.15) is 0 Å². The number of amides is 1. The zero-order chi connectivity index (χ0) is 11.2. The van der Waals surface area contributed by atoms with Crippen LogP contribution < -0.4 is 5.32 Å². The molecule has 0 heterocycles. The third kappa shape index (κ3) is 6.27. The summed E-state index contributed by atoms with van der Waals surface area (Å²) in [4.78, 5) is 11.3. The topological polar surface area (TPSA) is 38.3 Å². The molecular formula is C10H21NO2S. The highest BCUT2D eigenvalue weighted by Crippen LogP contribution is 2.16. The molecule has 0 rings (SSSR count). The number of hydrogen-bond donors (Lipinski definition) is 1. The van der Waals surface area contributed by atoms with Crippen molar-refractivity contribution in [1.82, 2.24) is 5.32 Å². The molecule has 3 nitrogen and oxygen atoms in total. The van der Waals surface area contributed by atoms with Gasteiger partial charge in [-0.05, 0) is 12.0 Å². The Balaban J connectivity index is 3.80. The summed E-state index contributed by atoms with van der Waals surface area (Å²) >= 11 is 1.36. The lowest BCUT2D eigenvalue weighted by molar-refractivity contribution is -0.124. The Bertz CT molecular complexity index is 181. The Morgan fingerprint density at radius 2 is 2.07 bits per heavy atom. The van der Waals surface area contributed by atoms with Crippen LogP contribution in [-0.2, 0) is 8.98 Å². The zero-order valence-corrected chi connectivity index (χ0v) is 10.5. The third-order valence-electron chi connectivity index (χ3n) is 1.83. The van der Waals surface area contributed by atoms with Crippen LogP contribution in [0.1, 0.15) is 27.7 Å². The molecule has 0 aliphatic carbocycles. The summed E-state index contributed by atoms with van der Waals surface area (Å²) in [6, 6.07) is 0. The SMILES string of the molecule is CSOCC(C)(C)CNC(=O)C(C)C. The summed E-state index contributed by atoms with van der Waals surface area (Å²) < 4.78 is 5.26. The van der Waals surface area contributed by atoms with Crippen LogP contribution in [0.25, 0.3) is 0 Å². The summed E-state index contributed by atoms with van der Waals surface area (Å²) in [5.41, 5.74) is -0.00639. The lowest BCUT2D eigenvalue weighted by atomic mass is 9.95. The van der Waals surface area contributed by atoms with Gasteiger partial charge >= 0.3 is 0 Å². The van der Waals surface area contributed by atoms with E-state index < -0.39 is 0 Å². The minimum absolute atomic E-state index is 0.00639. The molecule has 14 heavy (non-hydrogen) atoms. The van der Waals surface area contributed by atoms with E-state index in [1.54, 1.807) is 0 Å². The predicted molar refractivity (Wildman–Crippen MR) is 61.1 cm³/mol. The average Bonchev–Trinajstić information content (AvgIpc) is 2.11. The van der Waals surface area contributed by atoms with E-state index in [1.165, 1.54) is 12.0 Å². The molecule has 0 aliphatic heterocycles. The molecule has 0 aromatic heterocycles. The first kappa shape index (κ1) is 13.8. The van der Waals surface area contributed by atoms with E-state index in [0.717, 1.165) is 0 Å². The first-order chi connectivity index (χ1) is 6.39. The molecule has 0 saturated carbocycles. The van der Waals surface area contributed by atoms with Crippen LogP contribution in [0, 0.1) is 11.3 Å². The summed E-state index contributed by atoms with van der Waals surface area (Å²) in [5.74, 6) is 0.148. The van der Waals surface area contributed by atoms with Gasteiger partial charge in [0.05, 0.1) is 6.61 Å². The van der Waals surface area contributed by atoms with Crippen molar-refractivity contribution in [3.63, 3.8) is 0 Å². The minimum Gasteiger partial charge on any atom is -0.355 e. The maximum absolute atomic E-state index is 11.3. The minimum atomic E-state index is -0.00639. The summed E-state index contributed by atoms with van der Waals surface area (Å²) in [7, 11) is 0. The highest BCUT2D eigenvalue weighted by Gasteiger charge is 2.19. The van der Waals surface area contributed by atoms with E-state index in [4.69, 9.17) is 4.18 Å². The van der Waals surface area contributed by atoms with Crippen LogP contribution in [0.5, 0.6) is 0 Å². The van der Waals surface area contributed by atoms with Gasteiger partial charge in [-0.25, -0.2) is 0 Å². The van der Waals surface area contributed by atoms with E-state index in [2.05, 4.69) is 19.2 Å². The number of hydrogen-bond acceptors (Lipinski definition) is 3. The quantitative estimate of drug-likeness (QED) is 0.695. The van der Waals surface area contributed by atoms with Gasteiger partial charge in [0.15, 0.2) is 0 Å². The molecule has 0 atom stereocenters. The van der Waals surface area contributed by atoms with E-state index in [9.17, 15) is 4.79 Å². The molecule has 0 aromatic carbocycles. The standard InChI is InChI=1S/C10H21NO2S/c1-8(2)9(12)11-6-10(3,4)7-13-14-5/h8H,6-7H2,1-5H3,(H,11,12). The van der Waals surface area contributed by atoms with Crippen molar-refractivity contribution in [3.8, 4) is 0 Å². The first-order valence-electron chi connectivity index (χ1n) is 4.82. The Morgan fingerprint density at radius 1 is 1.50 bits per heavy atom. The second-order valence-corrected chi connectivity index (χ2v) is 5.03. The third-order valence-corrected chi connectivity index (χ3v) is 2.19. The molecule has 1 N–H and O–H groups in total. The fourth-order valence-electron chi connectivity index (χ4n) is 0.800. The number of carbonyl (C=O) groups excluding carboxylic acids is 1. The van der Waals surface area contributed by atoms with Gasteiger partial charge in [0, 0.05) is 24.1 Å². The molecule has 0 radical (unpaired) electrons. The highest BCUT2D eigenvalue weighted by atomic mass is 32.2. The Kier molecular flexibility index (Phi) is 6.20. The fourth-order valence-corrected chi connectivity index (χ4v) is 1.24. The predicted octanol–water partition coefficient (Wildman–Crippen LogP) is 2.08. The second-order valence-electron chi connectivity index (χ2n) is 4.47. The smallest absolute Gasteiger partial charge is 0.222 e. The van der Waals surface area contributed by atoms with Crippen molar-refractivity contribution in [2.75, 3.05) is 19.4 Å². The van der Waals surface area contributed by atoms with Crippen LogP contribution in [0.15, 0.2) is 0 Å². The van der Waals surface area contributed by atoms with Gasteiger partial charge in [0.2, 0.25) is 5.91 Å². The molecule has 0 unspecified atom stereocenters. The van der Waals surface area contributed by atoms with E-state index >= 15 is 0 Å². The van der Waals surface area contributed by atoms with Crippen LogP contribution in [0.3, 0.4) is 0 Å². The summed E-state index contributed by atoms with van der Waals surface area (Å²) in [6.07, 6.45) is 1.89. The largest absolute Gasteiger partial charge is 0.355 e. The lowest BCUT2D eigenvalue weighted by Gasteiger charge is -2.24. The number of rotatable bonds is 6. The van der Waals surface area contributed by atoms with Crippen molar-refractivity contribution in [2.45, 2.75) is 27.7 Å². The molecule has 0 bridgehead atoms. The number of nitrogens with one attached hydrogen (secondary N) is 1. The van der Waals surface area contributed by atoms with Crippen molar-refractivity contribution < 1.29 is 8.98 Å². The molecule has 0 spiro atoms. The molecule has 1 amide bonds. The van der Waals surface area contributed by atoms with E-state index in [0.29, 0.717) is 13.2 Å². The number of carbonyl (C=O) groups is 1. The lowest BCUT2D eigenvalue weighted by Crippen LogP contribution is -2.38. The van der Waals surface area contributed by atoms with Gasteiger partial charge in [0.25, 0.3) is 0 Å². The molecule has 4 heteroatoms.